The third kappa shape index (κ3) is 5.15. The van der Waals surface area contributed by atoms with Crippen molar-refractivity contribution < 1.29 is 14.6 Å². The van der Waals surface area contributed by atoms with Crippen molar-refractivity contribution in [3.8, 4) is 11.5 Å². The number of nitrogens with zero attached hydrogens (tertiary/aromatic N) is 1. The summed E-state index contributed by atoms with van der Waals surface area (Å²) in [6.45, 7) is 0.401. The van der Waals surface area contributed by atoms with Crippen molar-refractivity contribution in [2.75, 3.05) is 14.2 Å². The Hall–Kier alpha value is -2.24. The highest BCUT2D eigenvalue weighted by atomic mass is 35.5. The molecule has 2 rings (SSSR count). The maximum Gasteiger partial charge on any atom is 0.224 e. The lowest BCUT2D eigenvalue weighted by Crippen LogP contribution is -2.29. The zero-order valence-electron chi connectivity index (χ0n) is 13.8. The molecule has 0 spiro atoms. The Balaban J connectivity index is 0.00000288. The predicted octanol–water partition coefficient (Wildman–Crippen LogP) is 2.87. The molecule has 0 aliphatic heterocycles. The fourth-order valence-corrected chi connectivity index (χ4v) is 2.36. The van der Waals surface area contributed by atoms with Crippen molar-refractivity contribution in [3.05, 3.63) is 59.7 Å². The number of phenolic OH excluding ortho intramolecular Hbond substituents is 1. The van der Waals surface area contributed by atoms with E-state index in [4.69, 9.17) is 10.5 Å². The lowest BCUT2D eigenvalue weighted by molar-refractivity contribution is -0.130. The van der Waals surface area contributed by atoms with Gasteiger partial charge in [-0.05, 0) is 23.3 Å². The number of carbonyl (C=O) groups is 1. The molecule has 1 unspecified atom stereocenters. The van der Waals surface area contributed by atoms with Crippen molar-refractivity contribution >= 4 is 18.3 Å². The van der Waals surface area contributed by atoms with E-state index in [0.717, 1.165) is 11.1 Å². The standard InChI is InChI=1S/C18H22N2O3.ClH/c1-20(12-13-8-9-17(23-2)16(21)10-13)18(22)11-15(19)14-6-4-3-5-7-14;/h3-10,15,21H,11-12,19H2,1-2H3;1H. The average Bonchev–Trinajstić information content (AvgIpc) is 2.55. The molecule has 0 saturated carbocycles. The Morgan fingerprint density at radius 2 is 1.92 bits per heavy atom. The first-order chi connectivity index (χ1) is 11.0. The van der Waals surface area contributed by atoms with E-state index < -0.39 is 0 Å². The number of phenols is 1. The number of rotatable bonds is 6. The van der Waals surface area contributed by atoms with E-state index in [0.29, 0.717) is 12.3 Å². The number of halogens is 1. The normalized spacial score (nSPS) is 11.3. The van der Waals surface area contributed by atoms with Gasteiger partial charge in [0, 0.05) is 26.1 Å². The van der Waals surface area contributed by atoms with Gasteiger partial charge < -0.3 is 20.5 Å². The number of carbonyl (C=O) groups excluding carboxylic acids is 1. The first-order valence-corrected chi connectivity index (χ1v) is 7.41. The van der Waals surface area contributed by atoms with E-state index in [2.05, 4.69) is 0 Å². The molecule has 24 heavy (non-hydrogen) atoms. The molecule has 0 heterocycles. The minimum absolute atomic E-state index is 0. The van der Waals surface area contributed by atoms with Crippen molar-refractivity contribution in [1.82, 2.24) is 4.90 Å². The van der Waals surface area contributed by atoms with E-state index in [9.17, 15) is 9.90 Å². The van der Waals surface area contributed by atoms with Gasteiger partial charge in [0.25, 0.3) is 0 Å². The van der Waals surface area contributed by atoms with Crippen LogP contribution in [-0.2, 0) is 11.3 Å². The monoisotopic (exact) mass is 350 g/mol. The molecule has 0 fully saturated rings. The van der Waals surface area contributed by atoms with E-state index >= 15 is 0 Å². The number of hydrogen-bond acceptors (Lipinski definition) is 4. The van der Waals surface area contributed by atoms with Crippen LogP contribution in [0.2, 0.25) is 0 Å². The summed E-state index contributed by atoms with van der Waals surface area (Å²) in [6, 6.07) is 14.3. The van der Waals surface area contributed by atoms with E-state index in [1.165, 1.54) is 7.11 Å². The molecule has 5 nitrogen and oxygen atoms in total. The molecule has 0 aliphatic carbocycles. The molecule has 3 N–H and O–H groups in total. The number of ether oxygens (including phenoxy) is 1. The minimum atomic E-state index is -0.324. The molecule has 130 valence electrons. The van der Waals surface area contributed by atoms with Crippen LogP contribution in [0.5, 0.6) is 11.5 Å². The first-order valence-electron chi connectivity index (χ1n) is 7.41. The van der Waals surface area contributed by atoms with Crippen LogP contribution in [0.15, 0.2) is 48.5 Å². The second-order valence-corrected chi connectivity index (χ2v) is 5.48. The van der Waals surface area contributed by atoms with Crippen LogP contribution in [0, 0.1) is 0 Å². The number of hydrogen-bond donors (Lipinski definition) is 2. The van der Waals surface area contributed by atoms with Crippen LogP contribution in [0.3, 0.4) is 0 Å². The second-order valence-electron chi connectivity index (χ2n) is 5.48. The van der Waals surface area contributed by atoms with Crippen molar-refractivity contribution in [1.29, 1.82) is 0 Å². The van der Waals surface area contributed by atoms with Gasteiger partial charge in [-0.1, -0.05) is 36.4 Å². The lowest BCUT2D eigenvalue weighted by atomic mass is 10.0. The average molecular weight is 351 g/mol. The van der Waals surface area contributed by atoms with Gasteiger partial charge in [-0.15, -0.1) is 12.4 Å². The van der Waals surface area contributed by atoms with Gasteiger partial charge in [-0.2, -0.15) is 0 Å². The van der Waals surface area contributed by atoms with Crippen LogP contribution >= 0.6 is 12.4 Å². The fraction of sp³-hybridized carbons (Fsp3) is 0.278. The Bertz CT molecular complexity index is 665. The molecule has 0 aromatic heterocycles. The van der Waals surface area contributed by atoms with E-state index in [-0.39, 0.29) is 36.5 Å². The number of nitrogens with two attached hydrogens (primary N) is 1. The molecule has 0 bridgehead atoms. The summed E-state index contributed by atoms with van der Waals surface area (Å²) < 4.78 is 5.01. The van der Waals surface area contributed by atoms with Gasteiger partial charge in [0.15, 0.2) is 11.5 Å². The minimum Gasteiger partial charge on any atom is -0.504 e. The molecule has 1 amide bonds. The van der Waals surface area contributed by atoms with Crippen LogP contribution in [0.1, 0.15) is 23.6 Å². The maximum atomic E-state index is 12.3. The Labute approximate surface area is 148 Å². The summed E-state index contributed by atoms with van der Waals surface area (Å²) in [5.41, 5.74) is 7.85. The molecule has 0 saturated heterocycles. The van der Waals surface area contributed by atoms with Gasteiger partial charge in [-0.25, -0.2) is 0 Å². The Morgan fingerprint density at radius 3 is 2.50 bits per heavy atom. The molecular weight excluding hydrogens is 328 g/mol. The third-order valence-corrected chi connectivity index (χ3v) is 3.71. The summed E-state index contributed by atoms with van der Waals surface area (Å²) in [6.07, 6.45) is 0.239. The van der Waals surface area contributed by atoms with E-state index in [1.807, 2.05) is 36.4 Å². The molecule has 1 atom stereocenters. The third-order valence-electron chi connectivity index (χ3n) is 3.71. The Kier molecular flexibility index (Phi) is 7.55. The highest BCUT2D eigenvalue weighted by Gasteiger charge is 2.16. The van der Waals surface area contributed by atoms with Gasteiger partial charge in [0.1, 0.15) is 0 Å². The van der Waals surface area contributed by atoms with Gasteiger partial charge in [-0.3, -0.25) is 4.79 Å². The first kappa shape index (κ1) is 19.8. The van der Waals surface area contributed by atoms with Gasteiger partial charge in [0.05, 0.1) is 7.11 Å². The van der Waals surface area contributed by atoms with Crippen molar-refractivity contribution in [2.24, 2.45) is 5.73 Å². The second kappa shape index (κ2) is 9.15. The summed E-state index contributed by atoms with van der Waals surface area (Å²) in [4.78, 5) is 13.9. The summed E-state index contributed by atoms with van der Waals surface area (Å²) in [5, 5.41) is 9.79. The van der Waals surface area contributed by atoms with Crippen LogP contribution in [-0.4, -0.2) is 30.1 Å². The zero-order chi connectivity index (χ0) is 16.8. The highest BCUT2D eigenvalue weighted by molar-refractivity contribution is 5.85. The molecule has 0 radical (unpaired) electrons. The summed E-state index contributed by atoms with van der Waals surface area (Å²) >= 11 is 0. The van der Waals surface area contributed by atoms with Crippen LogP contribution in [0.25, 0.3) is 0 Å². The van der Waals surface area contributed by atoms with Crippen LogP contribution in [0.4, 0.5) is 0 Å². The van der Waals surface area contributed by atoms with Gasteiger partial charge >= 0.3 is 0 Å². The van der Waals surface area contributed by atoms with Crippen LogP contribution < -0.4 is 10.5 Å². The van der Waals surface area contributed by atoms with E-state index in [1.54, 1.807) is 24.1 Å². The smallest absolute Gasteiger partial charge is 0.224 e. The van der Waals surface area contributed by atoms with Crippen molar-refractivity contribution in [3.63, 3.8) is 0 Å². The predicted molar refractivity (Wildman–Crippen MR) is 96.4 cm³/mol. The molecule has 0 aliphatic rings. The Morgan fingerprint density at radius 1 is 1.25 bits per heavy atom. The fourth-order valence-electron chi connectivity index (χ4n) is 2.36. The summed E-state index contributed by atoms with van der Waals surface area (Å²) in [5.74, 6) is 0.428. The topological polar surface area (TPSA) is 75.8 Å². The SMILES string of the molecule is COc1ccc(CN(C)C(=O)CC(N)c2ccccc2)cc1O.Cl. The largest absolute Gasteiger partial charge is 0.504 e. The highest BCUT2D eigenvalue weighted by Crippen LogP contribution is 2.26. The number of benzene rings is 2. The molecular formula is C18H23ClN2O3. The molecule has 2 aromatic carbocycles. The number of aromatic hydroxyl groups is 1. The lowest BCUT2D eigenvalue weighted by Gasteiger charge is -2.20. The number of amides is 1. The quantitative estimate of drug-likeness (QED) is 0.840. The molecule has 6 heteroatoms. The van der Waals surface area contributed by atoms with Gasteiger partial charge in [0.2, 0.25) is 5.91 Å². The summed E-state index contributed by atoms with van der Waals surface area (Å²) in [7, 11) is 3.22. The zero-order valence-corrected chi connectivity index (χ0v) is 14.6. The molecule has 2 aromatic rings. The number of methoxy groups -OCH3 is 1. The van der Waals surface area contributed by atoms with Crippen molar-refractivity contribution in [2.45, 2.75) is 19.0 Å². The maximum absolute atomic E-state index is 12.3.